The van der Waals surface area contributed by atoms with Crippen LogP contribution in [0.2, 0.25) is 0 Å². The average molecular weight is 369 g/mol. The first-order chi connectivity index (χ1) is 13.0. The second kappa shape index (κ2) is 7.81. The molecule has 2 aromatic rings. The van der Waals surface area contributed by atoms with Gasteiger partial charge in [-0.25, -0.2) is 4.98 Å². The summed E-state index contributed by atoms with van der Waals surface area (Å²) < 4.78 is 0. The number of anilines is 2. The van der Waals surface area contributed by atoms with Gasteiger partial charge in [-0.2, -0.15) is 0 Å². The van der Waals surface area contributed by atoms with Crippen LogP contribution in [0.1, 0.15) is 23.2 Å². The maximum atomic E-state index is 12.6. The molecule has 2 heterocycles. The van der Waals surface area contributed by atoms with Crippen molar-refractivity contribution >= 4 is 29.0 Å². The molecule has 1 aromatic heterocycles. The fraction of sp³-hybridized carbons (Fsp3) is 0.278. The summed E-state index contributed by atoms with van der Waals surface area (Å²) >= 11 is 0. The molecular formula is C18H19N5O4. The lowest BCUT2D eigenvalue weighted by Gasteiger charge is -2.33. The van der Waals surface area contributed by atoms with Crippen LogP contribution in [0.4, 0.5) is 17.2 Å². The topological polar surface area (TPSA) is 131 Å². The summed E-state index contributed by atoms with van der Waals surface area (Å²) in [7, 11) is 0. The van der Waals surface area contributed by atoms with Crippen LogP contribution in [0.5, 0.6) is 0 Å². The van der Waals surface area contributed by atoms with E-state index in [4.69, 9.17) is 5.73 Å². The summed E-state index contributed by atoms with van der Waals surface area (Å²) in [6, 6.07) is 10.3. The van der Waals surface area contributed by atoms with Crippen molar-refractivity contribution in [2.45, 2.75) is 12.8 Å². The lowest BCUT2D eigenvalue weighted by Crippen LogP contribution is -2.42. The van der Waals surface area contributed by atoms with Crippen molar-refractivity contribution in [3.8, 4) is 0 Å². The predicted octanol–water partition coefficient (Wildman–Crippen LogP) is 1.94. The molecule has 1 aliphatic rings. The smallest absolute Gasteiger partial charge is 0.288 e. The van der Waals surface area contributed by atoms with E-state index in [-0.39, 0.29) is 28.9 Å². The van der Waals surface area contributed by atoms with Gasteiger partial charge in [-0.15, -0.1) is 0 Å². The van der Waals surface area contributed by atoms with Gasteiger partial charge in [-0.3, -0.25) is 19.7 Å². The third kappa shape index (κ3) is 4.20. The van der Waals surface area contributed by atoms with Crippen molar-refractivity contribution in [2.24, 2.45) is 11.7 Å². The van der Waals surface area contributed by atoms with Gasteiger partial charge in [0.1, 0.15) is 12.0 Å². The number of piperidine rings is 1. The molecule has 0 bridgehead atoms. The number of nitro groups is 1. The largest absolute Gasteiger partial charge is 0.365 e. The van der Waals surface area contributed by atoms with Gasteiger partial charge < -0.3 is 16.0 Å². The number of carbonyl (C=O) groups excluding carboxylic acids is 2. The van der Waals surface area contributed by atoms with Crippen molar-refractivity contribution in [3.63, 3.8) is 0 Å². The molecule has 1 aliphatic heterocycles. The molecule has 0 aliphatic carbocycles. The quantitative estimate of drug-likeness (QED) is 0.611. The highest BCUT2D eigenvalue weighted by molar-refractivity contribution is 5.98. The molecule has 1 fully saturated rings. The molecule has 9 nitrogen and oxygen atoms in total. The second-order valence-electron chi connectivity index (χ2n) is 6.33. The highest BCUT2D eigenvalue weighted by Crippen LogP contribution is 2.27. The minimum Gasteiger partial charge on any atom is -0.365 e. The molecule has 9 heteroatoms. The zero-order valence-corrected chi connectivity index (χ0v) is 14.5. The minimum absolute atomic E-state index is 0.0201. The van der Waals surface area contributed by atoms with Crippen LogP contribution in [0.25, 0.3) is 0 Å². The van der Waals surface area contributed by atoms with Crippen molar-refractivity contribution in [2.75, 3.05) is 23.3 Å². The van der Waals surface area contributed by atoms with Gasteiger partial charge in [-0.1, -0.05) is 18.2 Å². The Morgan fingerprint density at radius 3 is 2.70 bits per heavy atom. The number of hydrogen-bond acceptors (Lipinski definition) is 6. The molecule has 0 radical (unpaired) electrons. The molecular weight excluding hydrogens is 350 g/mol. The Bertz CT molecular complexity index is 871. The summed E-state index contributed by atoms with van der Waals surface area (Å²) in [6.07, 6.45) is 2.52. The van der Waals surface area contributed by atoms with E-state index in [0.717, 1.165) is 18.7 Å². The Hall–Kier alpha value is -3.49. The third-order valence-electron chi connectivity index (χ3n) is 4.46. The number of hydrogen-bond donors (Lipinski definition) is 2. The molecule has 3 rings (SSSR count). The summed E-state index contributed by atoms with van der Waals surface area (Å²) in [4.78, 5) is 40.5. The maximum absolute atomic E-state index is 12.6. The SMILES string of the molecule is NC(=O)c1cc([N+](=O)[O-])cnc1N1CCCC(C(=O)Nc2ccccc2)C1. The normalized spacial score (nSPS) is 16.6. The number of para-hydroxylation sites is 1. The molecule has 140 valence electrons. The van der Waals surface area contributed by atoms with Crippen LogP contribution in [-0.4, -0.2) is 34.8 Å². The van der Waals surface area contributed by atoms with Gasteiger partial charge in [0.05, 0.1) is 16.4 Å². The van der Waals surface area contributed by atoms with Crippen LogP contribution in [0.3, 0.4) is 0 Å². The van der Waals surface area contributed by atoms with Gasteiger partial charge in [-0.05, 0) is 25.0 Å². The highest BCUT2D eigenvalue weighted by Gasteiger charge is 2.29. The van der Waals surface area contributed by atoms with Crippen LogP contribution in [-0.2, 0) is 4.79 Å². The fourth-order valence-electron chi connectivity index (χ4n) is 3.13. The van der Waals surface area contributed by atoms with Crippen LogP contribution in [0.15, 0.2) is 42.6 Å². The van der Waals surface area contributed by atoms with Crippen molar-refractivity contribution in [1.82, 2.24) is 4.98 Å². The Balaban J connectivity index is 1.79. The van der Waals surface area contributed by atoms with E-state index < -0.39 is 10.8 Å². The minimum atomic E-state index is -0.794. The number of primary amides is 1. The fourth-order valence-corrected chi connectivity index (χ4v) is 3.13. The summed E-state index contributed by atoms with van der Waals surface area (Å²) in [5.41, 5.74) is 5.77. The second-order valence-corrected chi connectivity index (χ2v) is 6.33. The Morgan fingerprint density at radius 2 is 2.04 bits per heavy atom. The Kier molecular flexibility index (Phi) is 5.30. The molecule has 3 N–H and O–H groups in total. The summed E-state index contributed by atoms with van der Waals surface area (Å²) in [5.74, 6) is -0.938. The van der Waals surface area contributed by atoms with E-state index in [2.05, 4.69) is 10.3 Å². The van der Waals surface area contributed by atoms with Crippen molar-refractivity contribution in [3.05, 3.63) is 58.3 Å². The van der Waals surface area contributed by atoms with E-state index in [9.17, 15) is 19.7 Å². The molecule has 1 unspecified atom stereocenters. The van der Waals surface area contributed by atoms with E-state index in [1.54, 1.807) is 4.90 Å². The van der Waals surface area contributed by atoms with Gasteiger partial charge in [0.15, 0.2) is 0 Å². The lowest BCUT2D eigenvalue weighted by molar-refractivity contribution is -0.385. The number of benzene rings is 1. The van der Waals surface area contributed by atoms with Crippen LogP contribution >= 0.6 is 0 Å². The van der Waals surface area contributed by atoms with Gasteiger partial charge in [0, 0.05) is 24.8 Å². The average Bonchev–Trinajstić information content (AvgIpc) is 2.68. The summed E-state index contributed by atoms with van der Waals surface area (Å²) in [6.45, 7) is 0.934. The molecule has 1 atom stereocenters. The Morgan fingerprint density at radius 1 is 1.30 bits per heavy atom. The van der Waals surface area contributed by atoms with Gasteiger partial charge >= 0.3 is 0 Å². The molecule has 0 spiro atoms. The summed E-state index contributed by atoms with van der Waals surface area (Å²) in [5, 5.41) is 13.8. The lowest BCUT2D eigenvalue weighted by atomic mass is 9.96. The van der Waals surface area contributed by atoms with Crippen molar-refractivity contribution in [1.29, 1.82) is 0 Å². The molecule has 1 aromatic carbocycles. The zero-order chi connectivity index (χ0) is 19.4. The van der Waals surface area contributed by atoms with E-state index in [1.807, 2.05) is 30.3 Å². The van der Waals surface area contributed by atoms with E-state index in [1.165, 1.54) is 0 Å². The number of nitrogens with two attached hydrogens (primary N) is 1. The number of aromatic nitrogens is 1. The van der Waals surface area contributed by atoms with Gasteiger partial charge in [0.2, 0.25) is 5.91 Å². The first-order valence-electron chi connectivity index (χ1n) is 8.51. The van der Waals surface area contributed by atoms with E-state index in [0.29, 0.717) is 25.2 Å². The van der Waals surface area contributed by atoms with Crippen molar-refractivity contribution < 1.29 is 14.5 Å². The predicted molar refractivity (Wildman–Crippen MR) is 99.4 cm³/mol. The van der Waals surface area contributed by atoms with Crippen LogP contribution in [0, 0.1) is 16.0 Å². The Labute approximate surface area is 155 Å². The molecule has 27 heavy (non-hydrogen) atoms. The first kappa shape index (κ1) is 18.3. The number of pyridine rings is 1. The number of nitrogens with one attached hydrogen (secondary N) is 1. The standard InChI is InChI=1S/C18H19N5O4/c19-16(24)15-9-14(23(26)27)10-20-17(15)22-8-4-5-12(11-22)18(25)21-13-6-2-1-3-7-13/h1-3,6-7,9-10,12H,4-5,8,11H2,(H2,19,24)(H,21,25). The van der Waals surface area contributed by atoms with E-state index >= 15 is 0 Å². The molecule has 0 saturated carbocycles. The molecule has 1 saturated heterocycles. The van der Waals surface area contributed by atoms with Crippen LogP contribution < -0.4 is 16.0 Å². The monoisotopic (exact) mass is 369 g/mol. The maximum Gasteiger partial charge on any atom is 0.288 e. The molecule has 2 amide bonds. The zero-order valence-electron chi connectivity index (χ0n) is 14.5. The number of carbonyl (C=O) groups is 2. The van der Waals surface area contributed by atoms with Gasteiger partial charge in [0.25, 0.3) is 11.6 Å². The third-order valence-corrected chi connectivity index (χ3v) is 4.46. The highest BCUT2D eigenvalue weighted by atomic mass is 16.6. The number of rotatable bonds is 5. The first-order valence-corrected chi connectivity index (χ1v) is 8.51. The number of amides is 2. The number of nitrogens with zero attached hydrogens (tertiary/aromatic N) is 3.